The Labute approximate surface area is 142 Å². The summed E-state index contributed by atoms with van der Waals surface area (Å²) < 4.78 is 16.2. The van der Waals surface area contributed by atoms with Gasteiger partial charge in [0.1, 0.15) is 5.60 Å². The molecule has 7 heteroatoms. The second kappa shape index (κ2) is 6.13. The first-order valence-corrected chi connectivity index (χ1v) is 8.45. The summed E-state index contributed by atoms with van der Waals surface area (Å²) in [6.45, 7) is 9.77. The van der Waals surface area contributed by atoms with Crippen LogP contribution in [0.3, 0.4) is 0 Å². The number of ether oxygens (including phenoxy) is 3. The fourth-order valence-corrected chi connectivity index (χ4v) is 3.99. The van der Waals surface area contributed by atoms with E-state index in [1.54, 1.807) is 20.8 Å². The fraction of sp³-hybridized carbons (Fsp3) is 0.875. The third-order valence-corrected chi connectivity index (χ3v) is 4.92. The normalized spacial score (nSPS) is 32.3. The molecule has 3 unspecified atom stereocenters. The van der Waals surface area contributed by atoms with Crippen molar-refractivity contribution in [1.29, 1.82) is 0 Å². The number of esters is 1. The molecule has 0 aromatic heterocycles. The van der Waals surface area contributed by atoms with Crippen LogP contribution >= 0.6 is 11.6 Å². The van der Waals surface area contributed by atoms with Crippen LogP contribution < -0.4 is 5.32 Å². The van der Waals surface area contributed by atoms with E-state index in [4.69, 9.17) is 25.8 Å². The number of fused-ring (bicyclic) bond motifs is 1. The van der Waals surface area contributed by atoms with E-state index in [9.17, 15) is 9.59 Å². The lowest BCUT2D eigenvalue weighted by Crippen LogP contribution is -2.83. The summed E-state index contributed by atoms with van der Waals surface area (Å²) in [5.74, 6) is -0.676. The number of hydrogen-bond acceptors (Lipinski definition) is 5. The predicted octanol–water partition coefficient (Wildman–Crippen LogP) is 2.82. The molecule has 1 N–H and O–H groups in total. The Morgan fingerprint density at radius 1 is 1.35 bits per heavy atom. The molecular formula is C16H26ClNO5. The lowest BCUT2D eigenvalue weighted by atomic mass is 9.46. The van der Waals surface area contributed by atoms with Crippen molar-refractivity contribution >= 4 is 23.7 Å². The minimum Gasteiger partial charge on any atom is -0.448 e. The lowest BCUT2D eigenvalue weighted by molar-refractivity contribution is -0.243. The van der Waals surface area contributed by atoms with E-state index in [-0.39, 0.29) is 18.1 Å². The maximum atomic E-state index is 12.7. The molecule has 0 aromatic carbocycles. The monoisotopic (exact) mass is 347 g/mol. The fourth-order valence-electron chi connectivity index (χ4n) is 3.89. The quantitative estimate of drug-likeness (QED) is 0.627. The number of alkyl carbamates (subject to hydrolysis) is 1. The Morgan fingerprint density at radius 2 is 2.00 bits per heavy atom. The molecule has 23 heavy (non-hydrogen) atoms. The van der Waals surface area contributed by atoms with E-state index in [0.717, 1.165) is 12.8 Å². The topological polar surface area (TPSA) is 73.9 Å². The van der Waals surface area contributed by atoms with E-state index in [0.29, 0.717) is 6.61 Å². The molecule has 0 bridgehead atoms. The molecule has 1 saturated carbocycles. The van der Waals surface area contributed by atoms with Gasteiger partial charge in [-0.25, -0.2) is 9.59 Å². The second-order valence-corrected chi connectivity index (χ2v) is 7.96. The zero-order valence-electron chi connectivity index (χ0n) is 14.4. The molecule has 0 spiro atoms. The number of alkyl halides is 1. The summed E-state index contributed by atoms with van der Waals surface area (Å²) >= 11 is 5.58. The molecular weight excluding hydrogens is 322 g/mol. The average molecular weight is 348 g/mol. The number of carbonyl (C=O) groups excluding carboxylic acids is 2. The minimum atomic E-state index is -1.19. The van der Waals surface area contributed by atoms with E-state index in [1.807, 2.05) is 13.8 Å². The lowest BCUT2D eigenvalue weighted by Gasteiger charge is -2.65. The highest BCUT2D eigenvalue weighted by atomic mass is 35.5. The average Bonchev–Trinajstić information content (AvgIpc) is 2.43. The molecule has 3 atom stereocenters. The van der Waals surface area contributed by atoms with Crippen LogP contribution in [-0.4, -0.2) is 42.0 Å². The van der Waals surface area contributed by atoms with Gasteiger partial charge in [0.15, 0.2) is 11.6 Å². The smallest absolute Gasteiger partial charge is 0.408 e. The number of carbonyl (C=O) groups is 2. The van der Waals surface area contributed by atoms with Gasteiger partial charge in [-0.15, -0.1) is 0 Å². The van der Waals surface area contributed by atoms with Gasteiger partial charge in [-0.2, -0.15) is 0 Å². The van der Waals surface area contributed by atoms with Gasteiger partial charge in [0, 0.05) is 17.9 Å². The van der Waals surface area contributed by atoms with Crippen molar-refractivity contribution in [2.45, 2.75) is 64.7 Å². The zero-order chi connectivity index (χ0) is 17.5. The summed E-state index contributed by atoms with van der Waals surface area (Å²) in [4.78, 5) is 25.0. The summed E-state index contributed by atoms with van der Waals surface area (Å²) in [5, 5.41) is 2.79. The molecule has 1 heterocycles. The number of halogens is 1. The van der Waals surface area contributed by atoms with E-state index < -0.39 is 28.6 Å². The Bertz CT molecular complexity index is 487. The first-order valence-electron chi connectivity index (χ1n) is 7.92. The van der Waals surface area contributed by atoms with Crippen LogP contribution in [0, 0.1) is 11.3 Å². The van der Waals surface area contributed by atoms with Crippen LogP contribution in [0.1, 0.15) is 47.5 Å². The van der Waals surface area contributed by atoms with Crippen molar-refractivity contribution < 1.29 is 23.8 Å². The summed E-state index contributed by atoms with van der Waals surface area (Å²) in [6, 6.07) is -0.259. The van der Waals surface area contributed by atoms with Crippen molar-refractivity contribution in [2.75, 3.05) is 12.7 Å². The largest absolute Gasteiger partial charge is 0.448 e. The summed E-state index contributed by atoms with van der Waals surface area (Å²) in [5.41, 5.74) is -2.45. The van der Waals surface area contributed by atoms with Crippen LogP contribution in [0.5, 0.6) is 0 Å². The predicted molar refractivity (Wildman–Crippen MR) is 85.2 cm³/mol. The Balaban J connectivity index is 2.30. The van der Waals surface area contributed by atoms with Crippen LogP contribution in [0.15, 0.2) is 0 Å². The van der Waals surface area contributed by atoms with Gasteiger partial charge in [-0.3, -0.25) is 0 Å². The van der Waals surface area contributed by atoms with E-state index in [1.165, 1.54) is 0 Å². The molecule has 2 rings (SSSR count). The first kappa shape index (κ1) is 18.3. The molecule has 0 radical (unpaired) electrons. The maximum absolute atomic E-state index is 12.7. The van der Waals surface area contributed by atoms with Crippen molar-refractivity contribution in [1.82, 2.24) is 5.32 Å². The third kappa shape index (κ3) is 3.03. The van der Waals surface area contributed by atoms with Crippen molar-refractivity contribution in [3.05, 3.63) is 0 Å². The van der Waals surface area contributed by atoms with Gasteiger partial charge in [0.05, 0.1) is 6.10 Å². The zero-order valence-corrected chi connectivity index (χ0v) is 15.2. The van der Waals surface area contributed by atoms with Crippen molar-refractivity contribution in [2.24, 2.45) is 11.3 Å². The standard InChI is InChI=1S/C16H26ClNO5/c1-14(2,3)23-13(20)18-16(12(19)22-9-17)10-7-6-8-21-11(10)15(16,4)5/h10-11H,6-9H2,1-5H3,(H,18,20). The van der Waals surface area contributed by atoms with Crippen LogP contribution in [-0.2, 0) is 19.0 Å². The van der Waals surface area contributed by atoms with Gasteiger partial charge < -0.3 is 19.5 Å². The van der Waals surface area contributed by atoms with Gasteiger partial charge in [0.25, 0.3) is 0 Å². The molecule has 1 saturated heterocycles. The Kier molecular flexibility index (Phi) is 4.89. The highest BCUT2D eigenvalue weighted by Gasteiger charge is 2.74. The molecule has 2 aliphatic rings. The van der Waals surface area contributed by atoms with E-state index in [2.05, 4.69) is 5.32 Å². The summed E-state index contributed by atoms with van der Waals surface area (Å²) in [7, 11) is 0. The minimum absolute atomic E-state index is 0.103. The molecule has 6 nitrogen and oxygen atoms in total. The van der Waals surface area contributed by atoms with Crippen LogP contribution in [0.2, 0.25) is 0 Å². The Hall–Kier alpha value is -1.01. The van der Waals surface area contributed by atoms with Crippen molar-refractivity contribution in [3.63, 3.8) is 0 Å². The number of amides is 1. The maximum Gasteiger partial charge on any atom is 0.408 e. The van der Waals surface area contributed by atoms with E-state index >= 15 is 0 Å². The molecule has 1 aliphatic heterocycles. The molecule has 2 fully saturated rings. The molecule has 132 valence electrons. The Morgan fingerprint density at radius 3 is 2.57 bits per heavy atom. The second-order valence-electron chi connectivity index (χ2n) is 7.74. The van der Waals surface area contributed by atoms with Gasteiger partial charge in [-0.05, 0) is 33.6 Å². The third-order valence-electron chi connectivity index (χ3n) is 4.81. The van der Waals surface area contributed by atoms with Crippen LogP contribution in [0.4, 0.5) is 4.79 Å². The highest BCUT2D eigenvalue weighted by molar-refractivity contribution is 6.17. The number of hydrogen-bond donors (Lipinski definition) is 1. The number of rotatable bonds is 3. The highest BCUT2D eigenvalue weighted by Crippen LogP contribution is 2.59. The van der Waals surface area contributed by atoms with Gasteiger partial charge >= 0.3 is 12.1 Å². The van der Waals surface area contributed by atoms with Crippen LogP contribution in [0.25, 0.3) is 0 Å². The molecule has 1 amide bonds. The SMILES string of the molecule is CC(C)(C)OC(=O)NC1(C(=O)OCCl)C2CCCOC2C1(C)C. The van der Waals surface area contributed by atoms with Gasteiger partial charge in [-0.1, -0.05) is 25.4 Å². The van der Waals surface area contributed by atoms with Crippen molar-refractivity contribution in [3.8, 4) is 0 Å². The summed E-state index contributed by atoms with van der Waals surface area (Å²) in [6.07, 6.45) is 0.875. The van der Waals surface area contributed by atoms with Gasteiger partial charge in [0.2, 0.25) is 0 Å². The first-order chi connectivity index (χ1) is 10.6. The molecule has 1 aliphatic carbocycles. The molecule has 0 aromatic rings. The number of nitrogens with one attached hydrogen (secondary N) is 1.